The van der Waals surface area contributed by atoms with Gasteiger partial charge in [0.1, 0.15) is 6.13 Å². The molecule has 0 spiro atoms. The zero-order valence-corrected chi connectivity index (χ0v) is 5.95. The van der Waals surface area contributed by atoms with E-state index >= 15 is 0 Å². The molecule has 0 bridgehead atoms. The summed E-state index contributed by atoms with van der Waals surface area (Å²) < 4.78 is 0. The first kappa shape index (κ1) is 6.83. The lowest BCUT2D eigenvalue weighted by atomic mass is 11.0. The molecule has 1 nitrogen and oxygen atoms in total. The third-order valence-electron chi connectivity index (χ3n) is 0.240. The highest BCUT2D eigenvalue weighted by Gasteiger charge is 1.80. The summed E-state index contributed by atoms with van der Waals surface area (Å²) >= 11 is 5.88. The molecule has 37 valence electrons. The Hall–Kier alpha value is 0.830. The van der Waals surface area contributed by atoms with Crippen molar-refractivity contribution in [1.29, 1.82) is 0 Å². The lowest BCUT2D eigenvalue weighted by Crippen LogP contribution is -1.53. The Morgan fingerprint density at radius 1 is 2.00 bits per heavy atom. The highest BCUT2D eigenvalue weighted by molar-refractivity contribution is 8.62. The van der Waals surface area contributed by atoms with Gasteiger partial charge in [0.05, 0.1) is 0 Å². The molecule has 0 heterocycles. The fourth-order valence-corrected chi connectivity index (χ4v) is 1.94. The molecule has 1 atom stereocenters. The minimum absolute atomic E-state index is 0.922. The van der Waals surface area contributed by atoms with Crippen LogP contribution in [0.3, 0.4) is 0 Å². The maximum Gasteiger partial charge on any atom is 0.112 e. The third-order valence-corrected chi connectivity index (χ3v) is 3.10. The van der Waals surface area contributed by atoms with E-state index in [4.69, 9.17) is 4.89 Å². The van der Waals surface area contributed by atoms with Crippen molar-refractivity contribution < 1.29 is 4.89 Å². The average molecular weight is 141 g/mol. The van der Waals surface area contributed by atoms with Gasteiger partial charge in [-0.25, -0.2) is 0 Å². The van der Waals surface area contributed by atoms with Crippen LogP contribution in [0, 0.1) is 0 Å². The molecule has 0 aliphatic heterocycles. The summed E-state index contributed by atoms with van der Waals surface area (Å²) in [6, 6.07) is 0. The van der Waals surface area contributed by atoms with Crippen LogP contribution in [0.1, 0.15) is 6.92 Å². The molecule has 0 saturated carbocycles. The normalized spacial score (nSPS) is 11.3. The van der Waals surface area contributed by atoms with E-state index in [0.29, 0.717) is 0 Å². The van der Waals surface area contributed by atoms with Crippen molar-refractivity contribution in [3.05, 3.63) is 0 Å². The molecule has 1 unspecified atom stereocenters. The molecule has 0 aliphatic carbocycles. The van der Waals surface area contributed by atoms with Crippen molar-refractivity contribution in [1.82, 2.24) is 0 Å². The second-order valence-electron chi connectivity index (χ2n) is 0.656. The summed E-state index contributed by atoms with van der Waals surface area (Å²) in [4.78, 5) is 8.39. The van der Waals surface area contributed by atoms with Crippen LogP contribution < -0.4 is 0 Å². The summed E-state index contributed by atoms with van der Waals surface area (Å²) in [6.45, 7) is 1.97. The highest BCUT2D eigenvalue weighted by atomic mass is 32.9. The number of rotatable bonds is 2. The van der Waals surface area contributed by atoms with Gasteiger partial charge in [-0.1, -0.05) is 18.3 Å². The van der Waals surface area contributed by atoms with Gasteiger partial charge in [0.25, 0.3) is 0 Å². The van der Waals surface area contributed by atoms with E-state index in [0.717, 1.165) is 5.75 Å². The van der Waals surface area contributed by atoms with Gasteiger partial charge in [0.2, 0.25) is 0 Å². The maximum atomic E-state index is 8.39. The zero-order valence-electron chi connectivity index (χ0n) is 3.42. The topological polar surface area (TPSA) is 20.2 Å². The molecular weight excluding hydrogens is 135 g/mol. The van der Waals surface area contributed by atoms with Crippen LogP contribution in [0.4, 0.5) is 0 Å². The molecule has 0 saturated heterocycles. The van der Waals surface area contributed by atoms with E-state index in [9.17, 15) is 0 Å². The smallest absolute Gasteiger partial charge is 0.112 e. The predicted molar refractivity (Wildman–Crippen MR) is 34.6 cm³/mol. The van der Waals surface area contributed by atoms with Crippen molar-refractivity contribution >= 4 is 29.3 Å². The summed E-state index contributed by atoms with van der Waals surface area (Å²) in [5.41, 5.74) is 0. The summed E-state index contributed by atoms with van der Waals surface area (Å²) in [5.74, 6) is 0.922. The van der Waals surface area contributed by atoms with Crippen LogP contribution in [0.2, 0.25) is 0 Å². The van der Waals surface area contributed by atoms with E-state index < -0.39 is 6.13 Å². The second kappa shape index (κ2) is 4.00. The standard InChI is InChI=1S/C2H6OPS2/c1-2-6-4(3)5/h2H2,1H3,(H,3,5). The van der Waals surface area contributed by atoms with Gasteiger partial charge in [0.15, 0.2) is 0 Å². The Kier molecular flexibility index (Phi) is 4.56. The molecule has 0 aromatic carbocycles. The van der Waals surface area contributed by atoms with Crippen LogP contribution in [0.25, 0.3) is 0 Å². The summed E-state index contributed by atoms with van der Waals surface area (Å²) in [6.07, 6.45) is -1.10. The van der Waals surface area contributed by atoms with E-state index in [1.165, 1.54) is 11.4 Å². The number of hydrogen-bond acceptors (Lipinski definition) is 2. The molecular formula is C2H6OPS2. The molecule has 1 N–H and O–H groups in total. The zero-order chi connectivity index (χ0) is 4.99. The molecule has 0 aromatic rings. The minimum Gasteiger partial charge on any atom is -0.333 e. The van der Waals surface area contributed by atoms with Crippen molar-refractivity contribution in [3.63, 3.8) is 0 Å². The Bertz CT molecular complexity index is 55.5. The Morgan fingerprint density at radius 2 is 2.50 bits per heavy atom. The molecule has 0 amide bonds. The first-order valence-electron chi connectivity index (χ1n) is 1.56. The lowest BCUT2D eigenvalue weighted by Gasteiger charge is -1.84. The highest BCUT2D eigenvalue weighted by Crippen LogP contribution is 2.31. The fourth-order valence-electron chi connectivity index (χ4n) is 0.110. The fraction of sp³-hybridized carbons (Fsp3) is 1.00. The maximum absolute atomic E-state index is 8.39. The second-order valence-corrected chi connectivity index (χ2v) is 5.51. The molecule has 4 heteroatoms. The van der Waals surface area contributed by atoms with E-state index in [-0.39, 0.29) is 0 Å². The largest absolute Gasteiger partial charge is 0.333 e. The SMILES string of the molecule is CCS[P](O)=S. The number of hydrogen-bond donors (Lipinski definition) is 1. The van der Waals surface area contributed by atoms with Crippen molar-refractivity contribution in [3.8, 4) is 0 Å². The lowest BCUT2D eigenvalue weighted by molar-refractivity contribution is 0.658. The average Bonchev–Trinajstić information content (AvgIpc) is 1.35. The van der Waals surface area contributed by atoms with Gasteiger partial charge >= 0.3 is 0 Å². The van der Waals surface area contributed by atoms with Crippen molar-refractivity contribution in [2.45, 2.75) is 6.92 Å². The molecule has 1 radical (unpaired) electrons. The first-order chi connectivity index (χ1) is 2.77. The van der Waals surface area contributed by atoms with E-state index in [1.54, 1.807) is 0 Å². The monoisotopic (exact) mass is 141 g/mol. The van der Waals surface area contributed by atoms with Crippen LogP contribution >= 0.6 is 17.5 Å². The molecule has 6 heavy (non-hydrogen) atoms. The van der Waals surface area contributed by atoms with Crippen LogP contribution in [-0.4, -0.2) is 10.6 Å². The van der Waals surface area contributed by atoms with Gasteiger partial charge in [-0.15, -0.1) is 0 Å². The molecule has 0 rings (SSSR count). The predicted octanol–water partition coefficient (Wildman–Crippen LogP) is 1.51. The van der Waals surface area contributed by atoms with Crippen LogP contribution in [0.15, 0.2) is 0 Å². The van der Waals surface area contributed by atoms with E-state index in [1.807, 2.05) is 6.92 Å². The van der Waals surface area contributed by atoms with Gasteiger partial charge < -0.3 is 4.89 Å². The third kappa shape index (κ3) is 4.83. The molecule has 0 aromatic heterocycles. The van der Waals surface area contributed by atoms with E-state index in [2.05, 4.69) is 11.8 Å². The summed E-state index contributed by atoms with van der Waals surface area (Å²) in [7, 11) is 0. The molecule has 0 aliphatic rings. The van der Waals surface area contributed by atoms with Gasteiger partial charge in [0, 0.05) is 5.75 Å². The Balaban J connectivity index is 2.83. The van der Waals surface area contributed by atoms with Crippen molar-refractivity contribution in [2.24, 2.45) is 0 Å². The molecule has 0 fully saturated rings. The van der Waals surface area contributed by atoms with Crippen molar-refractivity contribution in [2.75, 3.05) is 5.75 Å². The summed E-state index contributed by atoms with van der Waals surface area (Å²) in [5, 5.41) is 0. The van der Waals surface area contributed by atoms with Crippen LogP contribution in [0.5, 0.6) is 0 Å². The quantitative estimate of drug-likeness (QED) is 0.588. The Labute approximate surface area is 47.4 Å². The Morgan fingerprint density at radius 3 is 2.50 bits per heavy atom. The first-order valence-corrected chi connectivity index (χ1v) is 5.46. The van der Waals surface area contributed by atoms with Gasteiger partial charge in [-0.05, 0) is 11.8 Å². The van der Waals surface area contributed by atoms with Gasteiger partial charge in [-0.2, -0.15) is 0 Å². The van der Waals surface area contributed by atoms with Gasteiger partial charge in [-0.3, -0.25) is 0 Å². The van der Waals surface area contributed by atoms with Crippen LogP contribution in [-0.2, 0) is 11.8 Å². The minimum atomic E-state index is -1.10.